The number of aromatic nitrogens is 3. The first-order valence-electron chi connectivity index (χ1n) is 5.52. The number of hydrogen-bond acceptors (Lipinski definition) is 3. The van der Waals surface area contributed by atoms with Crippen molar-refractivity contribution in [1.29, 1.82) is 0 Å². The summed E-state index contributed by atoms with van der Waals surface area (Å²) >= 11 is 0. The summed E-state index contributed by atoms with van der Waals surface area (Å²) in [6.07, 6.45) is 1.90. The van der Waals surface area contributed by atoms with E-state index in [2.05, 4.69) is 5.10 Å². The second-order valence-electron chi connectivity index (χ2n) is 3.66. The van der Waals surface area contributed by atoms with E-state index in [-0.39, 0.29) is 11.9 Å². The molecular formula is C12H15N3O2. The molecule has 2 aromatic rings. The maximum absolute atomic E-state index is 12.1. The molecule has 0 aliphatic rings. The highest BCUT2D eigenvalue weighted by molar-refractivity contribution is 5.30. The Bertz CT molecular complexity index is 526. The van der Waals surface area contributed by atoms with Crippen molar-refractivity contribution in [3.8, 4) is 5.69 Å². The quantitative estimate of drug-likeness (QED) is 0.805. The van der Waals surface area contributed by atoms with Crippen LogP contribution in [0, 0.1) is 0 Å². The van der Waals surface area contributed by atoms with E-state index in [1.54, 1.807) is 7.11 Å². The molecule has 1 unspecified atom stereocenters. The standard InChI is InChI=1S/C12H15N3O2/c1-3-11(17-2)15-12(16)14(9-13-15)10-7-5-4-6-8-10/h4-9,11H,3H2,1-2H3. The predicted octanol–water partition coefficient (Wildman–Crippen LogP) is 1.59. The summed E-state index contributed by atoms with van der Waals surface area (Å²) in [7, 11) is 1.57. The second kappa shape index (κ2) is 4.97. The highest BCUT2D eigenvalue weighted by Gasteiger charge is 2.14. The first-order valence-corrected chi connectivity index (χ1v) is 5.52. The zero-order chi connectivity index (χ0) is 12.3. The normalized spacial score (nSPS) is 12.6. The predicted molar refractivity (Wildman–Crippen MR) is 64.2 cm³/mol. The van der Waals surface area contributed by atoms with Crippen molar-refractivity contribution in [3.63, 3.8) is 0 Å². The van der Waals surface area contributed by atoms with Gasteiger partial charge in [0.25, 0.3) is 0 Å². The molecule has 2 rings (SSSR count). The van der Waals surface area contributed by atoms with Crippen LogP contribution >= 0.6 is 0 Å². The molecule has 1 heterocycles. The lowest BCUT2D eigenvalue weighted by molar-refractivity contribution is 0.0277. The second-order valence-corrected chi connectivity index (χ2v) is 3.66. The molecule has 5 nitrogen and oxygen atoms in total. The van der Waals surface area contributed by atoms with Crippen molar-refractivity contribution in [3.05, 3.63) is 47.1 Å². The van der Waals surface area contributed by atoms with Gasteiger partial charge in [-0.3, -0.25) is 0 Å². The zero-order valence-electron chi connectivity index (χ0n) is 9.91. The van der Waals surface area contributed by atoms with Crippen molar-refractivity contribution in [2.45, 2.75) is 19.6 Å². The molecule has 0 N–H and O–H groups in total. The van der Waals surface area contributed by atoms with Gasteiger partial charge in [0.15, 0.2) is 6.23 Å². The average molecular weight is 233 g/mol. The third kappa shape index (κ3) is 2.14. The fourth-order valence-corrected chi connectivity index (χ4v) is 1.72. The summed E-state index contributed by atoms with van der Waals surface area (Å²) in [6.45, 7) is 1.95. The number of rotatable bonds is 4. The topological polar surface area (TPSA) is 49.0 Å². The van der Waals surface area contributed by atoms with Gasteiger partial charge in [0.2, 0.25) is 0 Å². The van der Waals surface area contributed by atoms with E-state index < -0.39 is 0 Å². The summed E-state index contributed by atoms with van der Waals surface area (Å²) in [6, 6.07) is 9.39. The molecule has 1 aromatic carbocycles. The Balaban J connectivity index is 2.43. The lowest BCUT2D eigenvalue weighted by atomic mass is 10.3. The van der Waals surface area contributed by atoms with Crippen LogP contribution in [0.4, 0.5) is 0 Å². The van der Waals surface area contributed by atoms with E-state index in [1.165, 1.54) is 15.6 Å². The Morgan fingerprint density at radius 1 is 1.35 bits per heavy atom. The minimum atomic E-state index is -0.313. The van der Waals surface area contributed by atoms with Crippen LogP contribution in [0.15, 0.2) is 41.5 Å². The minimum Gasteiger partial charge on any atom is -0.360 e. The van der Waals surface area contributed by atoms with Crippen LogP contribution in [-0.4, -0.2) is 21.5 Å². The van der Waals surface area contributed by atoms with Crippen LogP contribution in [0.5, 0.6) is 0 Å². The number of ether oxygens (including phenoxy) is 1. The van der Waals surface area contributed by atoms with Gasteiger partial charge in [0.05, 0.1) is 5.69 Å². The molecule has 0 fully saturated rings. The molecule has 1 aromatic heterocycles. The third-order valence-corrected chi connectivity index (χ3v) is 2.62. The van der Waals surface area contributed by atoms with Gasteiger partial charge >= 0.3 is 5.69 Å². The van der Waals surface area contributed by atoms with Crippen LogP contribution in [0.2, 0.25) is 0 Å². The molecule has 0 spiro atoms. The summed E-state index contributed by atoms with van der Waals surface area (Å²) < 4.78 is 8.06. The first-order chi connectivity index (χ1) is 8.27. The number of nitrogens with zero attached hydrogens (tertiary/aromatic N) is 3. The SMILES string of the molecule is CCC(OC)n1ncn(-c2ccccc2)c1=O. The van der Waals surface area contributed by atoms with E-state index in [0.717, 1.165) is 5.69 Å². The lowest BCUT2D eigenvalue weighted by Crippen LogP contribution is -2.28. The number of para-hydroxylation sites is 1. The Labute approximate surface area is 99.3 Å². The van der Waals surface area contributed by atoms with Gasteiger partial charge in [0, 0.05) is 7.11 Å². The largest absolute Gasteiger partial charge is 0.360 e. The number of benzene rings is 1. The van der Waals surface area contributed by atoms with Gasteiger partial charge < -0.3 is 4.74 Å². The highest BCUT2D eigenvalue weighted by atomic mass is 16.5. The maximum atomic E-state index is 12.1. The monoisotopic (exact) mass is 233 g/mol. The fraction of sp³-hybridized carbons (Fsp3) is 0.333. The average Bonchev–Trinajstić information content (AvgIpc) is 2.75. The molecule has 0 radical (unpaired) electrons. The van der Waals surface area contributed by atoms with Crippen molar-refractivity contribution in [1.82, 2.24) is 14.3 Å². The van der Waals surface area contributed by atoms with Gasteiger partial charge in [-0.1, -0.05) is 25.1 Å². The zero-order valence-corrected chi connectivity index (χ0v) is 9.91. The first kappa shape index (κ1) is 11.6. The van der Waals surface area contributed by atoms with Crippen LogP contribution in [-0.2, 0) is 4.74 Å². The van der Waals surface area contributed by atoms with Crippen LogP contribution in [0.3, 0.4) is 0 Å². The van der Waals surface area contributed by atoms with Crippen LogP contribution in [0.25, 0.3) is 5.69 Å². The van der Waals surface area contributed by atoms with Gasteiger partial charge in [-0.15, -0.1) is 0 Å². The molecule has 5 heteroatoms. The van der Waals surface area contributed by atoms with E-state index in [9.17, 15) is 4.79 Å². The van der Waals surface area contributed by atoms with Gasteiger partial charge in [-0.25, -0.2) is 9.36 Å². The lowest BCUT2D eigenvalue weighted by Gasteiger charge is -2.11. The van der Waals surface area contributed by atoms with Crippen molar-refractivity contribution in [2.24, 2.45) is 0 Å². The summed E-state index contributed by atoms with van der Waals surface area (Å²) in [4.78, 5) is 12.1. The summed E-state index contributed by atoms with van der Waals surface area (Å²) in [5.74, 6) is 0. The molecular weight excluding hydrogens is 218 g/mol. The molecule has 1 atom stereocenters. The molecule has 17 heavy (non-hydrogen) atoms. The minimum absolute atomic E-state index is 0.190. The third-order valence-electron chi connectivity index (χ3n) is 2.62. The number of methoxy groups -OCH3 is 1. The Morgan fingerprint density at radius 2 is 2.06 bits per heavy atom. The van der Waals surface area contributed by atoms with Crippen molar-refractivity contribution >= 4 is 0 Å². The van der Waals surface area contributed by atoms with Crippen LogP contribution < -0.4 is 5.69 Å². The van der Waals surface area contributed by atoms with Gasteiger partial charge in [-0.05, 0) is 18.6 Å². The van der Waals surface area contributed by atoms with Crippen molar-refractivity contribution < 1.29 is 4.74 Å². The molecule has 0 aliphatic carbocycles. The highest BCUT2D eigenvalue weighted by Crippen LogP contribution is 2.08. The van der Waals surface area contributed by atoms with E-state index >= 15 is 0 Å². The molecule has 90 valence electrons. The Hall–Kier alpha value is -1.88. The fourth-order valence-electron chi connectivity index (χ4n) is 1.72. The van der Waals surface area contributed by atoms with Crippen molar-refractivity contribution in [2.75, 3.05) is 7.11 Å². The number of hydrogen-bond donors (Lipinski definition) is 0. The molecule has 0 aliphatic heterocycles. The molecule has 0 amide bonds. The van der Waals surface area contributed by atoms with E-state index in [0.29, 0.717) is 6.42 Å². The smallest absolute Gasteiger partial charge is 0.352 e. The van der Waals surface area contributed by atoms with Crippen LogP contribution in [0.1, 0.15) is 19.6 Å². The van der Waals surface area contributed by atoms with E-state index in [4.69, 9.17) is 4.74 Å². The van der Waals surface area contributed by atoms with Gasteiger partial charge in [-0.2, -0.15) is 9.78 Å². The Morgan fingerprint density at radius 3 is 2.65 bits per heavy atom. The molecule has 0 saturated carbocycles. The summed E-state index contributed by atoms with van der Waals surface area (Å²) in [5, 5.41) is 4.08. The molecule has 0 bridgehead atoms. The van der Waals surface area contributed by atoms with Gasteiger partial charge in [0.1, 0.15) is 6.33 Å². The Kier molecular flexibility index (Phi) is 3.39. The summed E-state index contributed by atoms with van der Waals surface area (Å²) in [5.41, 5.74) is 0.611. The van der Waals surface area contributed by atoms with E-state index in [1.807, 2.05) is 37.3 Å². The molecule has 0 saturated heterocycles. The maximum Gasteiger partial charge on any atom is 0.352 e.